The van der Waals surface area contributed by atoms with E-state index >= 15 is 0 Å². The SMILES string of the molecule is O=C(C[C@@H]1CCS(=O)(=O)C1)Nc1ccccc1C(F)(F)F. The van der Waals surface area contributed by atoms with Crippen molar-refractivity contribution in [3.8, 4) is 0 Å². The number of halogens is 3. The Bertz CT molecular complexity index is 640. The molecule has 0 spiro atoms. The van der Waals surface area contributed by atoms with Gasteiger partial charge in [-0.15, -0.1) is 0 Å². The number of carbonyl (C=O) groups excluding carboxylic acids is 1. The Morgan fingerprint density at radius 2 is 1.95 bits per heavy atom. The molecule has 1 aromatic carbocycles. The molecular formula is C13H14F3NO3S. The molecule has 2 rings (SSSR count). The fourth-order valence-electron chi connectivity index (χ4n) is 2.34. The van der Waals surface area contributed by atoms with Gasteiger partial charge in [0, 0.05) is 6.42 Å². The molecule has 1 aliphatic heterocycles. The number of hydrogen-bond acceptors (Lipinski definition) is 3. The maximum Gasteiger partial charge on any atom is 0.418 e. The van der Waals surface area contributed by atoms with Crippen LogP contribution in [0.3, 0.4) is 0 Å². The topological polar surface area (TPSA) is 63.2 Å². The summed E-state index contributed by atoms with van der Waals surface area (Å²) in [5.74, 6) is -0.979. The van der Waals surface area contributed by atoms with Crippen molar-refractivity contribution in [1.82, 2.24) is 0 Å². The number of rotatable bonds is 3. The predicted molar refractivity (Wildman–Crippen MR) is 71.5 cm³/mol. The molecule has 116 valence electrons. The quantitative estimate of drug-likeness (QED) is 0.930. The molecule has 1 aliphatic rings. The third-order valence-electron chi connectivity index (χ3n) is 3.31. The number of para-hydroxylation sites is 1. The van der Waals surface area contributed by atoms with E-state index in [1.165, 1.54) is 18.2 Å². The molecule has 1 atom stereocenters. The van der Waals surface area contributed by atoms with Crippen molar-refractivity contribution in [2.24, 2.45) is 5.92 Å². The molecule has 1 saturated heterocycles. The van der Waals surface area contributed by atoms with Crippen LogP contribution in [0.25, 0.3) is 0 Å². The molecule has 1 N–H and O–H groups in total. The van der Waals surface area contributed by atoms with Gasteiger partial charge in [-0.2, -0.15) is 13.2 Å². The van der Waals surface area contributed by atoms with Crippen molar-refractivity contribution in [2.75, 3.05) is 16.8 Å². The van der Waals surface area contributed by atoms with Gasteiger partial charge in [-0.1, -0.05) is 12.1 Å². The Balaban J connectivity index is 2.04. The number of sulfone groups is 1. The Kier molecular flexibility index (Phi) is 4.27. The van der Waals surface area contributed by atoms with Gasteiger partial charge in [-0.3, -0.25) is 4.79 Å². The first-order valence-electron chi connectivity index (χ1n) is 6.34. The smallest absolute Gasteiger partial charge is 0.325 e. The molecule has 1 amide bonds. The second-order valence-corrected chi connectivity index (χ2v) is 7.29. The van der Waals surface area contributed by atoms with Crippen LogP contribution in [0.2, 0.25) is 0 Å². The van der Waals surface area contributed by atoms with Crippen molar-refractivity contribution in [3.05, 3.63) is 29.8 Å². The van der Waals surface area contributed by atoms with Gasteiger partial charge in [-0.25, -0.2) is 8.42 Å². The minimum absolute atomic E-state index is 0.0318. The summed E-state index contributed by atoms with van der Waals surface area (Å²) in [6.45, 7) is 0. The first-order valence-corrected chi connectivity index (χ1v) is 8.16. The van der Waals surface area contributed by atoms with Crippen molar-refractivity contribution in [3.63, 3.8) is 0 Å². The van der Waals surface area contributed by atoms with Crippen LogP contribution in [0.5, 0.6) is 0 Å². The second-order valence-electron chi connectivity index (χ2n) is 5.06. The Morgan fingerprint density at radius 3 is 2.52 bits per heavy atom. The monoisotopic (exact) mass is 321 g/mol. The van der Waals surface area contributed by atoms with Crippen molar-refractivity contribution in [1.29, 1.82) is 0 Å². The minimum Gasteiger partial charge on any atom is -0.325 e. The normalized spacial score (nSPS) is 21.2. The Hall–Kier alpha value is -1.57. The lowest BCUT2D eigenvalue weighted by Crippen LogP contribution is -2.19. The van der Waals surface area contributed by atoms with Crippen molar-refractivity contribution >= 4 is 21.4 Å². The zero-order valence-corrected chi connectivity index (χ0v) is 11.8. The van der Waals surface area contributed by atoms with E-state index in [2.05, 4.69) is 5.32 Å². The average molecular weight is 321 g/mol. The van der Waals surface area contributed by atoms with Gasteiger partial charge in [0.25, 0.3) is 0 Å². The molecule has 0 unspecified atom stereocenters. The highest BCUT2D eigenvalue weighted by atomic mass is 32.2. The fourth-order valence-corrected chi connectivity index (χ4v) is 4.20. The summed E-state index contributed by atoms with van der Waals surface area (Å²) in [7, 11) is -3.11. The molecule has 0 aromatic heterocycles. The number of benzene rings is 1. The van der Waals surface area contributed by atoms with Crippen molar-refractivity contribution in [2.45, 2.75) is 19.0 Å². The lowest BCUT2D eigenvalue weighted by Gasteiger charge is -2.14. The van der Waals surface area contributed by atoms with Crippen LogP contribution in [0, 0.1) is 5.92 Å². The number of amides is 1. The van der Waals surface area contributed by atoms with Crippen LogP contribution in [-0.4, -0.2) is 25.8 Å². The molecule has 1 heterocycles. The standard InChI is InChI=1S/C13H14F3NO3S/c14-13(15,16)10-3-1-2-4-11(10)17-12(18)7-9-5-6-21(19,20)8-9/h1-4,9H,5-8H2,(H,17,18)/t9-/m0/s1. The molecule has 1 aromatic rings. The van der Waals surface area contributed by atoms with E-state index in [-0.39, 0.29) is 29.5 Å². The van der Waals surface area contributed by atoms with Crippen LogP contribution >= 0.6 is 0 Å². The maximum absolute atomic E-state index is 12.8. The Morgan fingerprint density at radius 1 is 1.29 bits per heavy atom. The number of hydrogen-bond donors (Lipinski definition) is 1. The minimum atomic E-state index is -4.55. The summed E-state index contributed by atoms with van der Waals surface area (Å²) >= 11 is 0. The summed E-state index contributed by atoms with van der Waals surface area (Å²) in [6.07, 6.45) is -4.28. The number of alkyl halides is 3. The summed E-state index contributed by atoms with van der Waals surface area (Å²) in [6, 6.07) is 4.69. The highest BCUT2D eigenvalue weighted by molar-refractivity contribution is 7.91. The summed E-state index contributed by atoms with van der Waals surface area (Å²) in [5, 5.41) is 2.22. The van der Waals surface area contributed by atoms with Gasteiger partial charge >= 0.3 is 6.18 Å². The summed E-state index contributed by atoms with van der Waals surface area (Å²) in [4.78, 5) is 11.8. The first-order chi connectivity index (χ1) is 9.67. The third kappa shape index (κ3) is 4.20. The molecule has 0 radical (unpaired) electrons. The number of carbonyl (C=O) groups is 1. The molecule has 8 heteroatoms. The molecule has 0 aliphatic carbocycles. The van der Waals surface area contributed by atoms with E-state index in [1.54, 1.807) is 0 Å². The zero-order chi connectivity index (χ0) is 15.7. The largest absolute Gasteiger partial charge is 0.418 e. The van der Waals surface area contributed by atoms with Crippen LogP contribution < -0.4 is 5.32 Å². The summed E-state index contributed by atoms with van der Waals surface area (Å²) < 4.78 is 60.9. The average Bonchev–Trinajstić information content (AvgIpc) is 2.67. The maximum atomic E-state index is 12.8. The lowest BCUT2D eigenvalue weighted by molar-refractivity contribution is -0.137. The molecule has 0 saturated carbocycles. The molecule has 21 heavy (non-hydrogen) atoms. The van der Waals surface area contributed by atoms with Gasteiger partial charge in [0.2, 0.25) is 5.91 Å². The van der Waals surface area contributed by atoms with Gasteiger partial charge in [0.1, 0.15) is 0 Å². The predicted octanol–water partition coefficient (Wildman–Crippen LogP) is 2.47. The van der Waals surface area contributed by atoms with Crippen LogP contribution in [-0.2, 0) is 20.8 Å². The highest BCUT2D eigenvalue weighted by Gasteiger charge is 2.34. The highest BCUT2D eigenvalue weighted by Crippen LogP contribution is 2.34. The van der Waals surface area contributed by atoms with E-state index in [9.17, 15) is 26.4 Å². The van der Waals surface area contributed by atoms with Crippen molar-refractivity contribution < 1.29 is 26.4 Å². The lowest BCUT2D eigenvalue weighted by atomic mass is 10.0. The van der Waals surface area contributed by atoms with Crippen LogP contribution in [0.4, 0.5) is 18.9 Å². The van der Waals surface area contributed by atoms with Gasteiger partial charge < -0.3 is 5.32 Å². The molecule has 1 fully saturated rings. The van der Waals surface area contributed by atoms with Gasteiger partial charge in [0.05, 0.1) is 22.8 Å². The van der Waals surface area contributed by atoms with Crippen LogP contribution in [0.15, 0.2) is 24.3 Å². The van der Waals surface area contributed by atoms with E-state index in [4.69, 9.17) is 0 Å². The van der Waals surface area contributed by atoms with Crippen LogP contribution in [0.1, 0.15) is 18.4 Å². The van der Waals surface area contributed by atoms with E-state index < -0.39 is 27.5 Å². The van der Waals surface area contributed by atoms with E-state index in [0.717, 1.165) is 6.07 Å². The Labute approximate surface area is 120 Å². The third-order valence-corrected chi connectivity index (χ3v) is 5.14. The number of anilines is 1. The molecular weight excluding hydrogens is 307 g/mol. The van der Waals surface area contributed by atoms with Gasteiger partial charge in [0.15, 0.2) is 9.84 Å². The van der Waals surface area contributed by atoms with Gasteiger partial charge in [-0.05, 0) is 24.5 Å². The first kappa shape index (κ1) is 15.8. The van der Waals surface area contributed by atoms with E-state index in [1.807, 2.05) is 0 Å². The summed E-state index contributed by atoms with van der Waals surface area (Å²) in [5.41, 5.74) is -1.23. The molecule has 4 nitrogen and oxygen atoms in total. The van der Waals surface area contributed by atoms with E-state index in [0.29, 0.717) is 6.42 Å². The zero-order valence-electron chi connectivity index (χ0n) is 11.0. The fraction of sp³-hybridized carbons (Fsp3) is 0.462. The molecule has 0 bridgehead atoms. The second kappa shape index (κ2) is 5.67. The number of nitrogens with one attached hydrogen (secondary N) is 1.